The minimum Gasteiger partial charge on any atom is -0.507 e. The molecule has 1 amide bonds. The molecule has 0 aliphatic rings. The number of benzene rings is 2. The number of amides is 1. The number of aliphatic hydroxyl groups is 1. The molecule has 0 saturated heterocycles. The summed E-state index contributed by atoms with van der Waals surface area (Å²) in [6, 6.07) is 12.0. The van der Waals surface area contributed by atoms with Crippen molar-refractivity contribution in [2.45, 2.75) is 13.0 Å². The van der Waals surface area contributed by atoms with E-state index in [1.165, 1.54) is 12.1 Å². The number of aromatic hydroxyl groups is 1. The topological polar surface area (TPSA) is 105 Å². The maximum atomic E-state index is 11.2. The van der Waals surface area contributed by atoms with Crippen LogP contribution in [0.3, 0.4) is 0 Å². The van der Waals surface area contributed by atoms with Gasteiger partial charge in [0.15, 0.2) is 0 Å². The molecule has 0 bridgehead atoms. The molecule has 6 nitrogen and oxygen atoms in total. The van der Waals surface area contributed by atoms with Crippen LogP contribution in [-0.4, -0.2) is 35.8 Å². The van der Waals surface area contributed by atoms with Crippen LogP contribution in [0.5, 0.6) is 11.5 Å². The fraction of sp³-hybridized carbons (Fsp3) is 0.278. The maximum Gasteiger partial charge on any atom is 0.252 e. The van der Waals surface area contributed by atoms with Crippen molar-refractivity contribution in [2.24, 2.45) is 5.73 Å². The first-order valence-corrected chi connectivity index (χ1v) is 7.69. The molecule has 0 heterocycles. The van der Waals surface area contributed by atoms with Crippen molar-refractivity contribution in [3.05, 3.63) is 59.2 Å². The van der Waals surface area contributed by atoms with Gasteiger partial charge in [-0.2, -0.15) is 0 Å². The molecule has 0 aromatic heterocycles. The predicted molar refractivity (Wildman–Crippen MR) is 91.1 cm³/mol. The zero-order chi connectivity index (χ0) is 17.5. The van der Waals surface area contributed by atoms with Crippen LogP contribution in [0.2, 0.25) is 0 Å². The first-order chi connectivity index (χ1) is 11.5. The number of phenols is 1. The van der Waals surface area contributed by atoms with E-state index in [0.29, 0.717) is 25.4 Å². The predicted octanol–water partition coefficient (Wildman–Crippen LogP) is 1.50. The Labute approximate surface area is 140 Å². The van der Waals surface area contributed by atoms with Gasteiger partial charge in [0.1, 0.15) is 18.1 Å². The van der Waals surface area contributed by atoms with Gasteiger partial charge in [-0.1, -0.05) is 24.3 Å². The van der Waals surface area contributed by atoms with Gasteiger partial charge >= 0.3 is 0 Å². The number of aryl methyl sites for hydroxylation is 1. The van der Waals surface area contributed by atoms with Crippen LogP contribution >= 0.6 is 0 Å². The highest BCUT2D eigenvalue weighted by Gasteiger charge is 2.10. The third-order valence-electron chi connectivity index (χ3n) is 3.67. The number of primary amides is 1. The number of hydrogen-bond donors (Lipinski definition) is 4. The largest absolute Gasteiger partial charge is 0.507 e. The van der Waals surface area contributed by atoms with E-state index in [1.807, 2.05) is 31.2 Å². The Morgan fingerprint density at radius 3 is 2.75 bits per heavy atom. The lowest BCUT2D eigenvalue weighted by molar-refractivity contribution is 0.0997. The number of rotatable bonds is 8. The SMILES string of the molecule is Cc1ccccc1C(O)CNCCOc1ccc(O)c(C(N)=O)c1. The summed E-state index contributed by atoms with van der Waals surface area (Å²) in [6.45, 7) is 3.25. The van der Waals surface area contributed by atoms with Crippen LogP contribution in [0.15, 0.2) is 42.5 Å². The molecule has 0 aliphatic heterocycles. The number of nitrogens with two attached hydrogens (primary N) is 1. The van der Waals surface area contributed by atoms with Crippen LogP contribution in [0.4, 0.5) is 0 Å². The van der Waals surface area contributed by atoms with Crippen molar-refractivity contribution >= 4 is 5.91 Å². The standard InChI is InChI=1S/C18H22N2O4/c1-12-4-2-3-5-14(12)17(22)11-20-8-9-24-13-6-7-16(21)15(10-13)18(19)23/h2-7,10,17,20-22H,8-9,11H2,1H3,(H2,19,23). The average Bonchev–Trinajstić information content (AvgIpc) is 2.56. The highest BCUT2D eigenvalue weighted by atomic mass is 16.5. The third kappa shape index (κ3) is 4.71. The Kier molecular flexibility index (Phi) is 6.17. The van der Waals surface area contributed by atoms with Gasteiger partial charge in [-0.25, -0.2) is 0 Å². The van der Waals surface area contributed by atoms with Crippen LogP contribution in [0.25, 0.3) is 0 Å². The van der Waals surface area contributed by atoms with Crippen molar-refractivity contribution in [1.82, 2.24) is 5.32 Å². The normalized spacial score (nSPS) is 11.9. The number of carbonyl (C=O) groups is 1. The van der Waals surface area contributed by atoms with E-state index in [1.54, 1.807) is 6.07 Å². The van der Waals surface area contributed by atoms with Gasteiger partial charge < -0.3 is 26.0 Å². The zero-order valence-electron chi connectivity index (χ0n) is 13.5. The van der Waals surface area contributed by atoms with Crippen molar-refractivity contribution in [2.75, 3.05) is 19.7 Å². The first-order valence-electron chi connectivity index (χ1n) is 7.69. The maximum absolute atomic E-state index is 11.2. The fourth-order valence-corrected chi connectivity index (χ4v) is 2.35. The molecule has 2 rings (SSSR count). The summed E-state index contributed by atoms with van der Waals surface area (Å²) >= 11 is 0. The molecule has 0 saturated carbocycles. The Balaban J connectivity index is 1.76. The van der Waals surface area contributed by atoms with E-state index in [0.717, 1.165) is 11.1 Å². The second kappa shape index (κ2) is 8.33. The highest BCUT2D eigenvalue weighted by Crippen LogP contribution is 2.22. The summed E-state index contributed by atoms with van der Waals surface area (Å²) in [6.07, 6.45) is -0.582. The van der Waals surface area contributed by atoms with Crippen molar-refractivity contribution in [1.29, 1.82) is 0 Å². The average molecular weight is 330 g/mol. The Bertz CT molecular complexity index is 703. The fourth-order valence-electron chi connectivity index (χ4n) is 2.35. The molecule has 128 valence electrons. The van der Waals surface area contributed by atoms with E-state index in [-0.39, 0.29) is 11.3 Å². The summed E-state index contributed by atoms with van der Waals surface area (Å²) in [5.41, 5.74) is 7.14. The molecular weight excluding hydrogens is 308 g/mol. The Hall–Kier alpha value is -2.57. The number of nitrogens with one attached hydrogen (secondary N) is 1. The van der Waals surface area contributed by atoms with Gasteiger partial charge in [-0.15, -0.1) is 0 Å². The van der Waals surface area contributed by atoms with Gasteiger partial charge in [-0.3, -0.25) is 4.79 Å². The van der Waals surface area contributed by atoms with Crippen molar-refractivity contribution < 1.29 is 19.7 Å². The van der Waals surface area contributed by atoms with E-state index in [4.69, 9.17) is 10.5 Å². The molecule has 5 N–H and O–H groups in total. The first kappa shape index (κ1) is 17.8. The zero-order valence-corrected chi connectivity index (χ0v) is 13.5. The third-order valence-corrected chi connectivity index (χ3v) is 3.67. The summed E-state index contributed by atoms with van der Waals surface area (Å²) in [7, 11) is 0. The summed E-state index contributed by atoms with van der Waals surface area (Å²) in [5, 5.41) is 22.8. The molecule has 0 fully saturated rings. The van der Waals surface area contributed by atoms with Gasteiger partial charge in [0.25, 0.3) is 5.91 Å². The second-order valence-electron chi connectivity index (χ2n) is 5.47. The minimum atomic E-state index is -0.711. The van der Waals surface area contributed by atoms with Gasteiger partial charge in [0.05, 0.1) is 11.7 Å². The number of aliphatic hydroxyl groups excluding tert-OH is 1. The summed E-state index contributed by atoms with van der Waals surface area (Å²) in [4.78, 5) is 11.2. The molecule has 0 spiro atoms. The summed E-state index contributed by atoms with van der Waals surface area (Å²) < 4.78 is 5.50. The molecule has 1 atom stereocenters. The number of hydrogen-bond acceptors (Lipinski definition) is 5. The molecule has 1 unspecified atom stereocenters. The van der Waals surface area contributed by atoms with Crippen LogP contribution < -0.4 is 15.8 Å². The molecule has 24 heavy (non-hydrogen) atoms. The highest BCUT2D eigenvalue weighted by molar-refractivity contribution is 5.95. The Morgan fingerprint density at radius 2 is 2.04 bits per heavy atom. The lowest BCUT2D eigenvalue weighted by Crippen LogP contribution is -2.26. The summed E-state index contributed by atoms with van der Waals surface area (Å²) in [5.74, 6) is -0.436. The van der Waals surface area contributed by atoms with E-state index in [2.05, 4.69) is 5.32 Å². The number of ether oxygens (including phenoxy) is 1. The quantitative estimate of drug-likeness (QED) is 0.549. The molecule has 0 radical (unpaired) electrons. The lowest BCUT2D eigenvalue weighted by Gasteiger charge is -2.15. The van der Waals surface area contributed by atoms with Gasteiger partial charge in [0.2, 0.25) is 0 Å². The smallest absolute Gasteiger partial charge is 0.252 e. The molecule has 0 aliphatic carbocycles. The number of carbonyl (C=O) groups excluding carboxylic acids is 1. The van der Waals surface area contributed by atoms with Crippen LogP contribution in [-0.2, 0) is 0 Å². The molecule has 6 heteroatoms. The van der Waals surface area contributed by atoms with E-state index in [9.17, 15) is 15.0 Å². The van der Waals surface area contributed by atoms with Crippen molar-refractivity contribution in [3.8, 4) is 11.5 Å². The van der Waals surface area contributed by atoms with Crippen LogP contribution in [0.1, 0.15) is 27.6 Å². The second-order valence-corrected chi connectivity index (χ2v) is 5.47. The van der Waals surface area contributed by atoms with E-state index < -0.39 is 12.0 Å². The minimum absolute atomic E-state index is 0.0236. The van der Waals surface area contributed by atoms with Gasteiger partial charge in [-0.05, 0) is 36.2 Å². The lowest BCUT2D eigenvalue weighted by atomic mass is 10.0. The Morgan fingerprint density at radius 1 is 1.29 bits per heavy atom. The monoisotopic (exact) mass is 330 g/mol. The molecular formula is C18H22N2O4. The molecule has 2 aromatic rings. The van der Waals surface area contributed by atoms with E-state index >= 15 is 0 Å². The molecule has 2 aromatic carbocycles. The van der Waals surface area contributed by atoms with Crippen molar-refractivity contribution in [3.63, 3.8) is 0 Å². The van der Waals surface area contributed by atoms with Gasteiger partial charge in [0, 0.05) is 13.1 Å². The van der Waals surface area contributed by atoms with Crippen LogP contribution in [0, 0.1) is 6.92 Å².